The molecule has 0 aliphatic carbocycles. The predicted octanol–water partition coefficient (Wildman–Crippen LogP) is 2.38. The van der Waals surface area contributed by atoms with Crippen molar-refractivity contribution in [2.24, 2.45) is 5.84 Å². The number of nitrogens with zero attached hydrogens (tertiary/aromatic N) is 1. The highest BCUT2D eigenvalue weighted by Crippen LogP contribution is 2.22. The third-order valence-electron chi connectivity index (χ3n) is 2.31. The van der Waals surface area contributed by atoms with Crippen molar-refractivity contribution in [1.29, 1.82) is 0 Å². The predicted molar refractivity (Wildman–Crippen MR) is 74.1 cm³/mol. The van der Waals surface area contributed by atoms with Crippen LogP contribution in [-0.4, -0.2) is 10.9 Å². The van der Waals surface area contributed by atoms with Gasteiger partial charge in [-0.05, 0) is 40.2 Å². The van der Waals surface area contributed by atoms with Gasteiger partial charge in [-0.3, -0.25) is 4.79 Å². The number of rotatable bonds is 3. The van der Waals surface area contributed by atoms with Crippen molar-refractivity contribution in [2.75, 3.05) is 10.7 Å². The summed E-state index contributed by atoms with van der Waals surface area (Å²) in [6, 6.07) is 10.7. The number of halogens is 1. The number of nitrogen functional groups attached to an aromatic ring is 1. The van der Waals surface area contributed by atoms with Crippen LogP contribution in [0.3, 0.4) is 0 Å². The standard InChI is InChI=1S/C12H11BrN4O/c13-9-5-1-2-6-10(9)16-12(18)8-4-3-7-15-11(8)17-14/h1-7H,14H2,(H,15,17)(H,16,18). The molecule has 1 heterocycles. The van der Waals surface area contributed by atoms with Gasteiger partial charge in [0.15, 0.2) is 5.82 Å². The van der Waals surface area contributed by atoms with Gasteiger partial charge >= 0.3 is 0 Å². The minimum atomic E-state index is -0.275. The van der Waals surface area contributed by atoms with Crippen LogP contribution in [0, 0.1) is 0 Å². The van der Waals surface area contributed by atoms with Crippen LogP contribution >= 0.6 is 15.9 Å². The smallest absolute Gasteiger partial charge is 0.259 e. The molecule has 18 heavy (non-hydrogen) atoms. The van der Waals surface area contributed by atoms with Gasteiger partial charge in [-0.1, -0.05) is 12.1 Å². The first-order chi connectivity index (χ1) is 8.72. The molecule has 0 radical (unpaired) electrons. The molecule has 92 valence electrons. The molecular weight excluding hydrogens is 296 g/mol. The van der Waals surface area contributed by atoms with E-state index < -0.39 is 0 Å². The molecule has 1 amide bonds. The summed E-state index contributed by atoms with van der Waals surface area (Å²) in [5, 5.41) is 2.78. The Hall–Kier alpha value is -1.92. The van der Waals surface area contributed by atoms with Gasteiger partial charge in [-0.2, -0.15) is 0 Å². The Morgan fingerprint density at radius 2 is 2.00 bits per heavy atom. The molecule has 2 rings (SSSR count). The zero-order chi connectivity index (χ0) is 13.0. The fourth-order valence-electron chi connectivity index (χ4n) is 1.46. The number of hydrogen-bond donors (Lipinski definition) is 3. The van der Waals surface area contributed by atoms with Crippen LogP contribution in [0.25, 0.3) is 0 Å². The molecule has 0 saturated heterocycles. The summed E-state index contributed by atoms with van der Waals surface area (Å²) in [5.41, 5.74) is 3.47. The minimum Gasteiger partial charge on any atom is -0.321 e. The number of amides is 1. The monoisotopic (exact) mass is 306 g/mol. The van der Waals surface area contributed by atoms with Crippen molar-refractivity contribution in [3.63, 3.8) is 0 Å². The highest BCUT2D eigenvalue weighted by atomic mass is 79.9. The highest BCUT2D eigenvalue weighted by Gasteiger charge is 2.12. The molecule has 2 aromatic rings. The number of aromatic nitrogens is 1. The van der Waals surface area contributed by atoms with Crippen molar-refractivity contribution in [3.8, 4) is 0 Å². The largest absolute Gasteiger partial charge is 0.321 e. The first-order valence-electron chi connectivity index (χ1n) is 5.20. The number of anilines is 2. The first-order valence-corrected chi connectivity index (χ1v) is 5.99. The molecule has 4 N–H and O–H groups in total. The summed E-state index contributed by atoms with van der Waals surface area (Å²) in [7, 11) is 0. The minimum absolute atomic E-state index is 0.275. The van der Waals surface area contributed by atoms with E-state index in [2.05, 4.69) is 31.7 Å². The summed E-state index contributed by atoms with van der Waals surface area (Å²) >= 11 is 3.36. The average molecular weight is 307 g/mol. The number of carbonyl (C=O) groups excluding carboxylic acids is 1. The van der Waals surface area contributed by atoms with Gasteiger partial charge in [-0.15, -0.1) is 0 Å². The lowest BCUT2D eigenvalue weighted by Crippen LogP contribution is -2.18. The van der Waals surface area contributed by atoms with Crippen LogP contribution < -0.4 is 16.6 Å². The average Bonchev–Trinajstić information content (AvgIpc) is 2.41. The summed E-state index contributed by atoms with van der Waals surface area (Å²) in [6.07, 6.45) is 1.56. The number of nitrogens with one attached hydrogen (secondary N) is 2. The fourth-order valence-corrected chi connectivity index (χ4v) is 1.84. The fraction of sp³-hybridized carbons (Fsp3) is 0. The van der Waals surface area contributed by atoms with E-state index in [0.29, 0.717) is 17.1 Å². The molecule has 0 atom stereocenters. The molecule has 6 heteroatoms. The lowest BCUT2D eigenvalue weighted by molar-refractivity contribution is 0.102. The molecule has 1 aromatic carbocycles. The second kappa shape index (κ2) is 5.61. The quantitative estimate of drug-likeness (QED) is 0.601. The Balaban J connectivity index is 2.25. The van der Waals surface area contributed by atoms with Crippen LogP contribution in [0.15, 0.2) is 47.1 Å². The van der Waals surface area contributed by atoms with Gasteiger partial charge in [-0.25, -0.2) is 10.8 Å². The van der Waals surface area contributed by atoms with Crippen molar-refractivity contribution in [3.05, 3.63) is 52.6 Å². The molecule has 0 bridgehead atoms. The van der Waals surface area contributed by atoms with Crippen molar-refractivity contribution < 1.29 is 4.79 Å². The third kappa shape index (κ3) is 2.66. The number of nitrogens with two attached hydrogens (primary N) is 1. The molecule has 5 nitrogen and oxygen atoms in total. The van der Waals surface area contributed by atoms with Gasteiger partial charge in [0, 0.05) is 10.7 Å². The van der Waals surface area contributed by atoms with Gasteiger partial charge in [0.25, 0.3) is 5.91 Å². The molecule has 0 spiro atoms. The summed E-state index contributed by atoms with van der Waals surface area (Å²) in [5.74, 6) is 5.37. The molecule has 0 aliphatic rings. The topological polar surface area (TPSA) is 80.0 Å². The van der Waals surface area contributed by atoms with E-state index in [9.17, 15) is 4.79 Å². The zero-order valence-electron chi connectivity index (χ0n) is 9.35. The second-order valence-electron chi connectivity index (χ2n) is 3.48. The highest BCUT2D eigenvalue weighted by molar-refractivity contribution is 9.10. The molecule has 1 aromatic heterocycles. The maximum atomic E-state index is 12.1. The summed E-state index contributed by atoms with van der Waals surface area (Å²) in [4.78, 5) is 16.1. The number of hydrazine groups is 1. The van der Waals surface area contributed by atoms with E-state index in [1.807, 2.05) is 18.2 Å². The SMILES string of the molecule is NNc1ncccc1C(=O)Nc1ccccc1Br. The Morgan fingerprint density at radius 1 is 1.22 bits per heavy atom. The van der Waals surface area contributed by atoms with E-state index in [1.165, 1.54) is 0 Å². The third-order valence-corrected chi connectivity index (χ3v) is 3.00. The molecule has 0 unspecified atom stereocenters. The molecule has 0 fully saturated rings. The van der Waals surface area contributed by atoms with Crippen molar-refractivity contribution in [1.82, 2.24) is 4.98 Å². The van der Waals surface area contributed by atoms with Gasteiger partial charge in [0.05, 0.1) is 11.3 Å². The number of para-hydroxylation sites is 1. The van der Waals surface area contributed by atoms with E-state index in [1.54, 1.807) is 24.4 Å². The van der Waals surface area contributed by atoms with Gasteiger partial charge in [0.2, 0.25) is 0 Å². The number of pyridine rings is 1. The Labute approximate surface area is 113 Å². The molecular formula is C12H11BrN4O. The van der Waals surface area contributed by atoms with Crippen molar-refractivity contribution in [2.45, 2.75) is 0 Å². The van der Waals surface area contributed by atoms with Crippen LogP contribution in [-0.2, 0) is 0 Å². The van der Waals surface area contributed by atoms with Crippen LogP contribution in [0.1, 0.15) is 10.4 Å². The Kier molecular flexibility index (Phi) is 3.91. The zero-order valence-corrected chi connectivity index (χ0v) is 10.9. The van der Waals surface area contributed by atoms with Crippen LogP contribution in [0.5, 0.6) is 0 Å². The van der Waals surface area contributed by atoms with E-state index >= 15 is 0 Å². The van der Waals surface area contributed by atoms with Gasteiger partial charge < -0.3 is 10.7 Å². The maximum Gasteiger partial charge on any atom is 0.259 e. The molecule has 0 aliphatic heterocycles. The van der Waals surface area contributed by atoms with Crippen LogP contribution in [0.4, 0.5) is 11.5 Å². The van der Waals surface area contributed by atoms with Crippen molar-refractivity contribution >= 4 is 33.3 Å². The van der Waals surface area contributed by atoms with E-state index in [-0.39, 0.29) is 5.91 Å². The number of benzene rings is 1. The Bertz CT molecular complexity index is 574. The summed E-state index contributed by atoms with van der Waals surface area (Å²) < 4.78 is 0.810. The van der Waals surface area contributed by atoms with Gasteiger partial charge in [0.1, 0.15) is 0 Å². The first kappa shape index (κ1) is 12.5. The van der Waals surface area contributed by atoms with E-state index in [4.69, 9.17) is 5.84 Å². The lowest BCUT2D eigenvalue weighted by atomic mass is 10.2. The Morgan fingerprint density at radius 3 is 2.72 bits per heavy atom. The normalized spacial score (nSPS) is 9.89. The maximum absolute atomic E-state index is 12.1. The second-order valence-corrected chi connectivity index (χ2v) is 4.33. The van der Waals surface area contributed by atoms with E-state index in [0.717, 1.165) is 4.47 Å². The summed E-state index contributed by atoms with van der Waals surface area (Å²) in [6.45, 7) is 0. The number of hydrogen-bond acceptors (Lipinski definition) is 4. The van der Waals surface area contributed by atoms with Crippen LogP contribution in [0.2, 0.25) is 0 Å². The molecule has 0 saturated carbocycles. The lowest BCUT2D eigenvalue weighted by Gasteiger charge is -2.09. The number of carbonyl (C=O) groups is 1.